The van der Waals surface area contributed by atoms with Crippen molar-refractivity contribution in [1.82, 2.24) is 5.06 Å². The molecule has 0 N–H and O–H groups in total. The summed E-state index contributed by atoms with van der Waals surface area (Å²) in [5.74, 6) is -6.90. The van der Waals surface area contributed by atoms with Crippen LogP contribution in [0, 0.1) is 17.8 Å². The highest BCUT2D eigenvalue weighted by Gasteiger charge is 2.72. The molecule has 4 nitrogen and oxygen atoms in total. The maximum absolute atomic E-state index is 14.6. The van der Waals surface area contributed by atoms with Crippen molar-refractivity contribution >= 4 is 22.4 Å². The number of hydroxylamine groups is 2. The Kier molecular flexibility index (Phi) is 4.30. The van der Waals surface area contributed by atoms with Crippen molar-refractivity contribution in [3.05, 3.63) is 34.7 Å². The van der Waals surface area contributed by atoms with Crippen LogP contribution in [0.25, 0.3) is 12.3 Å². The van der Waals surface area contributed by atoms with E-state index in [9.17, 15) is 26.0 Å². The number of nitrogens with zero attached hydrogens (tertiary/aromatic N) is 1. The van der Waals surface area contributed by atoms with Gasteiger partial charge >= 0.3 is 21.3 Å². The molecule has 4 rings (SSSR count). The van der Waals surface area contributed by atoms with Crippen molar-refractivity contribution in [2.24, 2.45) is 17.8 Å². The number of hydrogen-bond acceptors (Lipinski definition) is 4. The fourth-order valence-electron chi connectivity index (χ4n) is 4.51. The van der Waals surface area contributed by atoms with E-state index in [1.807, 2.05) is 0 Å². The Balaban J connectivity index is 1.58. The Morgan fingerprint density at radius 2 is 1.74 bits per heavy atom. The zero-order valence-electron chi connectivity index (χ0n) is 14.3. The standard InChI is InChI=1S/C18H19F4NO3S/c19-17(20,16-10-12-5-6-14(16)9-12)18(21,22)27(24,25)26-23-8-7-13-3-1-2-4-15(13)11-23/h1-4,7,11-12,14,16H,5-6,8-10H2. The summed E-state index contributed by atoms with van der Waals surface area (Å²) in [6.45, 7) is -0.147. The van der Waals surface area contributed by atoms with Gasteiger partial charge in [0.2, 0.25) is 0 Å². The van der Waals surface area contributed by atoms with E-state index in [4.69, 9.17) is 0 Å². The smallest absolute Gasteiger partial charge is 0.239 e. The lowest BCUT2D eigenvalue weighted by Gasteiger charge is -2.35. The van der Waals surface area contributed by atoms with Crippen molar-refractivity contribution in [3.63, 3.8) is 0 Å². The topological polar surface area (TPSA) is 46.6 Å². The van der Waals surface area contributed by atoms with E-state index in [-0.39, 0.29) is 18.9 Å². The highest BCUT2D eigenvalue weighted by Crippen LogP contribution is 2.58. The van der Waals surface area contributed by atoms with Gasteiger partial charge in [-0.3, -0.25) is 0 Å². The lowest BCUT2D eigenvalue weighted by molar-refractivity contribution is -0.206. The minimum Gasteiger partial charge on any atom is -0.239 e. The largest absolute Gasteiger partial charge is 0.433 e. The normalized spacial score (nSPS) is 27.9. The molecule has 27 heavy (non-hydrogen) atoms. The second-order valence-electron chi connectivity index (χ2n) is 7.51. The SMILES string of the molecule is O=S(=O)(ON1C=c2ccccc2=CC1)C(F)(F)C(F)(F)C1CC2CCC1C2. The van der Waals surface area contributed by atoms with Crippen LogP contribution in [0.15, 0.2) is 24.3 Å². The summed E-state index contributed by atoms with van der Waals surface area (Å²) in [7, 11) is -5.88. The monoisotopic (exact) mass is 405 g/mol. The molecule has 0 spiro atoms. The third-order valence-corrected chi connectivity index (χ3v) is 7.16. The van der Waals surface area contributed by atoms with E-state index in [1.54, 1.807) is 30.3 Å². The number of benzene rings is 1. The predicted molar refractivity (Wildman–Crippen MR) is 90.2 cm³/mol. The number of alkyl halides is 4. The third-order valence-electron chi connectivity index (χ3n) is 5.87. The molecule has 1 aliphatic heterocycles. The molecule has 2 bridgehead atoms. The molecule has 0 aromatic heterocycles. The van der Waals surface area contributed by atoms with Gasteiger partial charge in [-0.1, -0.05) is 36.8 Å². The summed E-state index contributed by atoms with van der Waals surface area (Å²) in [4.78, 5) is 0. The second kappa shape index (κ2) is 6.20. The van der Waals surface area contributed by atoms with Gasteiger partial charge in [0.05, 0.1) is 6.54 Å². The molecule has 0 radical (unpaired) electrons. The highest BCUT2D eigenvalue weighted by atomic mass is 32.2. The van der Waals surface area contributed by atoms with Gasteiger partial charge in [0.15, 0.2) is 0 Å². The number of fused-ring (bicyclic) bond motifs is 3. The zero-order valence-corrected chi connectivity index (χ0v) is 15.1. The van der Waals surface area contributed by atoms with Crippen molar-refractivity contribution in [1.29, 1.82) is 0 Å². The van der Waals surface area contributed by atoms with Crippen LogP contribution < -0.4 is 10.4 Å². The molecule has 9 heteroatoms. The summed E-state index contributed by atoms with van der Waals surface area (Å²) < 4.78 is 86.8. The minimum atomic E-state index is -5.88. The van der Waals surface area contributed by atoms with Crippen molar-refractivity contribution in [2.45, 2.75) is 36.9 Å². The van der Waals surface area contributed by atoms with Crippen LogP contribution in [0.1, 0.15) is 25.7 Å². The first-order chi connectivity index (χ1) is 12.6. The van der Waals surface area contributed by atoms with E-state index in [0.717, 1.165) is 11.6 Å². The summed E-state index contributed by atoms with van der Waals surface area (Å²) in [6, 6.07) is 6.84. The molecule has 3 atom stereocenters. The van der Waals surface area contributed by atoms with Gasteiger partial charge in [0.1, 0.15) is 0 Å². The van der Waals surface area contributed by atoms with Gasteiger partial charge in [0.25, 0.3) is 0 Å². The molecule has 2 fully saturated rings. The summed E-state index contributed by atoms with van der Waals surface area (Å²) in [5, 5.41) is -3.35. The maximum Gasteiger partial charge on any atom is 0.433 e. The molecular weight excluding hydrogens is 386 g/mol. The van der Waals surface area contributed by atoms with Crippen LogP contribution in [0.4, 0.5) is 17.6 Å². The lowest BCUT2D eigenvalue weighted by Crippen LogP contribution is -2.54. The van der Waals surface area contributed by atoms with E-state index < -0.39 is 33.1 Å². The molecule has 2 saturated carbocycles. The Hall–Kier alpha value is -1.61. The molecule has 1 aromatic carbocycles. The average Bonchev–Trinajstić information content (AvgIpc) is 3.24. The quantitative estimate of drug-likeness (QED) is 0.706. The second-order valence-corrected chi connectivity index (χ2v) is 9.08. The summed E-state index contributed by atoms with van der Waals surface area (Å²) in [5.41, 5.74) is 0. The number of hydrogen-bond donors (Lipinski definition) is 0. The predicted octanol–water partition coefficient (Wildman–Crippen LogP) is 2.45. The molecule has 148 valence electrons. The Bertz CT molecular complexity index is 963. The van der Waals surface area contributed by atoms with E-state index in [1.165, 1.54) is 6.20 Å². The van der Waals surface area contributed by atoms with Gasteiger partial charge in [-0.25, -0.2) is 5.06 Å². The van der Waals surface area contributed by atoms with E-state index in [2.05, 4.69) is 4.28 Å². The Morgan fingerprint density at radius 3 is 2.37 bits per heavy atom. The fourth-order valence-corrected chi connectivity index (χ4v) is 5.44. The molecule has 3 unspecified atom stereocenters. The summed E-state index contributed by atoms with van der Waals surface area (Å²) >= 11 is 0. The minimum absolute atomic E-state index is 0.0215. The van der Waals surface area contributed by atoms with Crippen LogP contribution in [-0.2, 0) is 14.4 Å². The fraction of sp³-hybridized carbons (Fsp3) is 0.556. The average molecular weight is 405 g/mol. The molecule has 3 aliphatic rings. The maximum atomic E-state index is 14.6. The molecule has 1 aromatic rings. The van der Waals surface area contributed by atoms with Crippen LogP contribution in [0.2, 0.25) is 0 Å². The zero-order chi connectivity index (χ0) is 19.4. The molecule has 0 saturated heterocycles. The van der Waals surface area contributed by atoms with Crippen LogP contribution in [0.3, 0.4) is 0 Å². The van der Waals surface area contributed by atoms with Crippen LogP contribution in [0.5, 0.6) is 0 Å². The first-order valence-electron chi connectivity index (χ1n) is 8.85. The van der Waals surface area contributed by atoms with E-state index >= 15 is 0 Å². The Morgan fingerprint density at radius 1 is 1.04 bits per heavy atom. The highest BCUT2D eigenvalue weighted by molar-refractivity contribution is 7.87. The van der Waals surface area contributed by atoms with Gasteiger partial charge in [0, 0.05) is 12.1 Å². The van der Waals surface area contributed by atoms with Crippen LogP contribution >= 0.6 is 0 Å². The number of rotatable bonds is 5. The number of halogens is 4. The lowest BCUT2D eigenvalue weighted by atomic mass is 9.84. The van der Waals surface area contributed by atoms with Gasteiger partial charge < -0.3 is 0 Å². The molecule has 1 heterocycles. The first-order valence-corrected chi connectivity index (χ1v) is 10.3. The molecular formula is C18H19F4NO3S. The van der Waals surface area contributed by atoms with Gasteiger partial charge in [-0.2, -0.15) is 26.0 Å². The first kappa shape index (κ1) is 18.7. The van der Waals surface area contributed by atoms with Crippen molar-refractivity contribution in [3.8, 4) is 0 Å². The summed E-state index contributed by atoms with van der Waals surface area (Å²) in [6.07, 6.45) is 4.34. The molecule has 0 amide bonds. The molecule has 2 aliphatic carbocycles. The van der Waals surface area contributed by atoms with Crippen molar-refractivity contribution < 1.29 is 30.3 Å². The Labute approximate surface area is 154 Å². The third kappa shape index (κ3) is 2.95. The van der Waals surface area contributed by atoms with Crippen molar-refractivity contribution in [2.75, 3.05) is 6.54 Å². The van der Waals surface area contributed by atoms with Gasteiger partial charge in [-0.05, 0) is 41.5 Å². The van der Waals surface area contributed by atoms with Crippen LogP contribution in [-0.4, -0.2) is 31.2 Å². The van der Waals surface area contributed by atoms with E-state index in [0.29, 0.717) is 23.1 Å². The van der Waals surface area contributed by atoms with Gasteiger partial charge in [-0.15, -0.1) is 4.28 Å².